The van der Waals surface area contributed by atoms with Crippen LogP contribution in [-0.4, -0.2) is 40.6 Å². The van der Waals surface area contributed by atoms with E-state index in [2.05, 4.69) is 19.2 Å². The molecular formula is C13H24N2O3. The van der Waals surface area contributed by atoms with Crippen LogP contribution in [0.15, 0.2) is 0 Å². The van der Waals surface area contributed by atoms with Crippen LogP contribution in [-0.2, 0) is 4.79 Å². The van der Waals surface area contributed by atoms with Crippen molar-refractivity contribution in [1.29, 1.82) is 0 Å². The second-order valence-electron chi connectivity index (χ2n) is 5.21. The average Bonchev–Trinajstić information content (AvgIpc) is 2.74. The van der Waals surface area contributed by atoms with Gasteiger partial charge in [0.2, 0.25) is 0 Å². The predicted molar refractivity (Wildman–Crippen MR) is 69.4 cm³/mol. The molecule has 2 amide bonds. The first-order valence-electron chi connectivity index (χ1n) is 6.74. The summed E-state index contributed by atoms with van der Waals surface area (Å²) in [5, 5.41) is 11.8. The summed E-state index contributed by atoms with van der Waals surface area (Å²) in [5.41, 5.74) is 0. The van der Waals surface area contributed by atoms with Crippen molar-refractivity contribution in [3.05, 3.63) is 0 Å². The van der Waals surface area contributed by atoms with Crippen LogP contribution in [0.3, 0.4) is 0 Å². The number of likely N-dealkylation sites (tertiary alicyclic amines) is 1. The van der Waals surface area contributed by atoms with Crippen molar-refractivity contribution in [3.63, 3.8) is 0 Å². The van der Waals surface area contributed by atoms with E-state index < -0.39 is 5.97 Å². The van der Waals surface area contributed by atoms with Gasteiger partial charge in [-0.2, -0.15) is 0 Å². The van der Waals surface area contributed by atoms with E-state index in [0.29, 0.717) is 12.5 Å². The molecule has 0 aliphatic carbocycles. The smallest absolute Gasteiger partial charge is 0.317 e. The Morgan fingerprint density at radius 3 is 2.67 bits per heavy atom. The molecule has 3 unspecified atom stereocenters. The molecule has 0 saturated carbocycles. The molecule has 0 bridgehead atoms. The molecule has 104 valence electrons. The van der Waals surface area contributed by atoms with Gasteiger partial charge in [0.15, 0.2) is 0 Å². The third-order valence-corrected chi connectivity index (χ3v) is 3.90. The molecule has 1 aliphatic heterocycles. The summed E-state index contributed by atoms with van der Waals surface area (Å²) in [5.74, 6) is -0.413. The van der Waals surface area contributed by atoms with Gasteiger partial charge in [-0.1, -0.05) is 20.3 Å². The van der Waals surface area contributed by atoms with E-state index in [0.717, 1.165) is 19.3 Å². The van der Waals surface area contributed by atoms with Crippen LogP contribution in [0.4, 0.5) is 4.79 Å². The maximum absolute atomic E-state index is 12.1. The Bertz CT molecular complexity index is 307. The summed E-state index contributed by atoms with van der Waals surface area (Å²) in [6.45, 7) is 6.85. The minimum absolute atomic E-state index is 0.0468. The quantitative estimate of drug-likeness (QED) is 0.791. The van der Waals surface area contributed by atoms with Crippen molar-refractivity contribution in [3.8, 4) is 0 Å². The number of rotatable bonds is 5. The maximum atomic E-state index is 12.1. The third kappa shape index (κ3) is 3.89. The largest absolute Gasteiger partial charge is 0.481 e. The van der Waals surface area contributed by atoms with Gasteiger partial charge in [-0.05, 0) is 25.7 Å². The Balaban J connectivity index is 2.52. The molecule has 0 aromatic rings. The van der Waals surface area contributed by atoms with E-state index in [9.17, 15) is 9.59 Å². The van der Waals surface area contributed by atoms with Gasteiger partial charge in [-0.15, -0.1) is 0 Å². The number of carboxylic acids is 1. The van der Waals surface area contributed by atoms with Gasteiger partial charge in [-0.25, -0.2) is 4.79 Å². The number of nitrogens with zero attached hydrogens (tertiary/aromatic N) is 1. The summed E-state index contributed by atoms with van der Waals surface area (Å²) in [7, 11) is 0. The minimum atomic E-state index is -0.838. The molecule has 1 saturated heterocycles. The Hall–Kier alpha value is -1.26. The zero-order valence-corrected chi connectivity index (χ0v) is 11.5. The highest BCUT2D eigenvalue weighted by Gasteiger charge is 2.31. The number of carbonyl (C=O) groups is 2. The Morgan fingerprint density at radius 1 is 1.44 bits per heavy atom. The fourth-order valence-electron chi connectivity index (χ4n) is 2.29. The second kappa shape index (κ2) is 6.61. The van der Waals surface area contributed by atoms with Gasteiger partial charge in [0.25, 0.3) is 0 Å². The SMILES string of the molecule is CCC(C)C(C)NC(=O)N1CCCC1CC(=O)O. The fourth-order valence-corrected chi connectivity index (χ4v) is 2.29. The first kappa shape index (κ1) is 14.8. The van der Waals surface area contributed by atoms with Crippen molar-refractivity contribution in [1.82, 2.24) is 10.2 Å². The normalized spacial score (nSPS) is 22.6. The summed E-state index contributed by atoms with van der Waals surface area (Å²) >= 11 is 0. The molecule has 0 spiro atoms. The maximum Gasteiger partial charge on any atom is 0.317 e. The van der Waals surface area contributed by atoms with Crippen LogP contribution >= 0.6 is 0 Å². The lowest BCUT2D eigenvalue weighted by atomic mass is 10.0. The molecule has 5 nitrogen and oxygen atoms in total. The van der Waals surface area contributed by atoms with Crippen molar-refractivity contribution in [2.24, 2.45) is 5.92 Å². The molecule has 1 heterocycles. The Kier molecular flexibility index (Phi) is 5.44. The molecule has 1 aliphatic rings. The monoisotopic (exact) mass is 256 g/mol. The van der Waals surface area contributed by atoms with E-state index in [4.69, 9.17) is 5.11 Å². The summed E-state index contributed by atoms with van der Waals surface area (Å²) < 4.78 is 0. The van der Waals surface area contributed by atoms with Crippen LogP contribution in [0.1, 0.15) is 46.5 Å². The van der Waals surface area contributed by atoms with Crippen LogP contribution < -0.4 is 5.32 Å². The Morgan fingerprint density at radius 2 is 2.11 bits per heavy atom. The highest BCUT2D eigenvalue weighted by molar-refractivity contribution is 5.76. The minimum Gasteiger partial charge on any atom is -0.481 e. The highest BCUT2D eigenvalue weighted by Crippen LogP contribution is 2.20. The van der Waals surface area contributed by atoms with Gasteiger partial charge in [0.05, 0.1) is 6.42 Å². The highest BCUT2D eigenvalue weighted by atomic mass is 16.4. The van der Waals surface area contributed by atoms with Crippen molar-refractivity contribution >= 4 is 12.0 Å². The number of hydrogen-bond donors (Lipinski definition) is 2. The number of aliphatic carboxylic acids is 1. The van der Waals surface area contributed by atoms with Gasteiger partial charge < -0.3 is 15.3 Å². The number of carboxylic acid groups (broad SMARTS) is 1. The van der Waals surface area contributed by atoms with Crippen molar-refractivity contribution in [2.75, 3.05) is 6.54 Å². The standard InChI is InChI=1S/C13H24N2O3/c1-4-9(2)10(3)14-13(18)15-7-5-6-11(15)8-12(16)17/h9-11H,4-8H2,1-3H3,(H,14,18)(H,16,17). The molecule has 1 fully saturated rings. The number of nitrogens with one attached hydrogen (secondary N) is 1. The van der Waals surface area contributed by atoms with E-state index in [1.54, 1.807) is 4.90 Å². The van der Waals surface area contributed by atoms with Gasteiger partial charge in [0.1, 0.15) is 0 Å². The first-order valence-corrected chi connectivity index (χ1v) is 6.74. The fraction of sp³-hybridized carbons (Fsp3) is 0.846. The number of hydrogen-bond acceptors (Lipinski definition) is 2. The third-order valence-electron chi connectivity index (χ3n) is 3.90. The van der Waals surface area contributed by atoms with Crippen molar-refractivity contribution in [2.45, 2.75) is 58.5 Å². The lowest BCUT2D eigenvalue weighted by molar-refractivity contribution is -0.137. The summed E-state index contributed by atoms with van der Waals surface area (Å²) in [6, 6.07) is -0.147. The second-order valence-corrected chi connectivity index (χ2v) is 5.21. The van der Waals surface area contributed by atoms with Gasteiger partial charge in [0, 0.05) is 18.6 Å². The van der Waals surface area contributed by atoms with E-state index in [1.165, 1.54) is 0 Å². The summed E-state index contributed by atoms with van der Waals surface area (Å²) in [4.78, 5) is 24.5. The molecule has 1 rings (SSSR count). The Labute approximate surface area is 109 Å². The molecular weight excluding hydrogens is 232 g/mol. The molecule has 0 radical (unpaired) electrons. The number of carbonyl (C=O) groups excluding carboxylic acids is 1. The lowest BCUT2D eigenvalue weighted by Crippen LogP contribution is -2.48. The predicted octanol–water partition coefficient (Wildman–Crippen LogP) is 2.07. The summed E-state index contributed by atoms with van der Waals surface area (Å²) in [6.07, 6.45) is 2.74. The molecule has 0 aromatic carbocycles. The molecule has 0 aromatic heterocycles. The zero-order valence-electron chi connectivity index (χ0n) is 11.5. The average molecular weight is 256 g/mol. The topological polar surface area (TPSA) is 69.6 Å². The van der Waals surface area contributed by atoms with Crippen LogP contribution in [0.5, 0.6) is 0 Å². The zero-order chi connectivity index (χ0) is 13.7. The van der Waals surface area contributed by atoms with E-state index >= 15 is 0 Å². The van der Waals surface area contributed by atoms with Crippen molar-refractivity contribution < 1.29 is 14.7 Å². The van der Waals surface area contributed by atoms with Crippen LogP contribution in [0.2, 0.25) is 0 Å². The molecule has 3 atom stereocenters. The first-order chi connectivity index (χ1) is 8.45. The van der Waals surface area contributed by atoms with E-state index in [1.807, 2.05) is 6.92 Å². The van der Waals surface area contributed by atoms with E-state index in [-0.39, 0.29) is 24.5 Å². The van der Waals surface area contributed by atoms with Gasteiger partial charge >= 0.3 is 12.0 Å². The number of amides is 2. The molecule has 5 heteroatoms. The van der Waals surface area contributed by atoms with Crippen LogP contribution in [0.25, 0.3) is 0 Å². The molecule has 18 heavy (non-hydrogen) atoms. The van der Waals surface area contributed by atoms with Crippen LogP contribution in [0, 0.1) is 5.92 Å². The molecule has 2 N–H and O–H groups in total. The van der Waals surface area contributed by atoms with Gasteiger partial charge in [-0.3, -0.25) is 4.79 Å². The lowest BCUT2D eigenvalue weighted by Gasteiger charge is -2.27. The number of urea groups is 1.